The first-order valence-electron chi connectivity index (χ1n) is 5.98. The normalized spacial score (nSPS) is 17.9. The first kappa shape index (κ1) is 15.3. The van der Waals surface area contributed by atoms with Crippen LogP contribution in [0.15, 0.2) is 21.4 Å². The minimum atomic E-state index is -3.73. The van der Waals surface area contributed by atoms with Gasteiger partial charge in [-0.25, -0.2) is 0 Å². The second-order valence-electron chi connectivity index (χ2n) is 4.60. The number of hydrogen-bond donors (Lipinski definition) is 3. The Morgan fingerprint density at radius 1 is 1.40 bits per heavy atom. The van der Waals surface area contributed by atoms with Crippen molar-refractivity contribution in [1.29, 1.82) is 0 Å². The standard InChI is InChI=1S/C12H16N2O4S2/c1-7-3-8(2)11-10(4-7)13-12(14-20(11,17)18)19-6-9(16)5-15/h3-4,9,15-16H,5-6H2,1-2H3,(H,13,14). The van der Waals surface area contributed by atoms with Gasteiger partial charge in [-0.05, 0) is 31.0 Å². The molecule has 0 aliphatic carbocycles. The monoisotopic (exact) mass is 316 g/mol. The van der Waals surface area contributed by atoms with Gasteiger partial charge in [0.05, 0.1) is 18.4 Å². The summed E-state index contributed by atoms with van der Waals surface area (Å²) in [5.74, 6) is 0.165. The Kier molecular flexibility index (Phi) is 4.38. The van der Waals surface area contributed by atoms with Crippen LogP contribution in [-0.2, 0) is 10.0 Å². The molecule has 1 aliphatic rings. The summed E-state index contributed by atoms with van der Waals surface area (Å²) < 4.78 is 28.1. The highest BCUT2D eigenvalue weighted by Crippen LogP contribution is 2.33. The maximum absolute atomic E-state index is 12.2. The van der Waals surface area contributed by atoms with Gasteiger partial charge in [0.25, 0.3) is 10.0 Å². The lowest BCUT2D eigenvalue weighted by molar-refractivity contribution is 0.114. The van der Waals surface area contributed by atoms with Gasteiger partial charge in [-0.2, -0.15) is 8.42 Å². The molecule has 8 heteroatoms. The average Bonchev–Trinajstić information content (AvgIpc) is 2.33. The summed E-state index contributed by atoms with van der Waals surface area (Å²) >= 11 is 1.06. The first-order chi connectivity index (χ1) is 9.33. The van der Waals surface area contributed by atoms with Crippen molar-refractivity contribution in [3.8, 4) is 0 Å². The molecule has 0 amide bonds. The lowest BCUT2D eigenvalue weighted by atomic mass is 10.1. The van der Waals surface area contributed by atoms with E-state index in [0.29, 0.717) is 11.3 Å². The third-order valence-electron chi connectivity index (χ3n) is 2.74. The van der Waals surface area contributed by atoms with Crippen molar-refractivity contribution in [2.24, 2.45) is 4.40 Å². The Balaban J connectivity index is 2.33. The van der Waals surface area contributed by atoms with Crippen molar-refractivity contribution in [3.05, 3.63) is 23.3 Å². The van der Waals surface area contributed by atoms with Crippen LogP contribution in [0.4, 0.5) is 5.69 Å². The topological polar surface area (TPSA) is 99.0 Å². The summed E-state index contributed by atoms with van der Waals surface area (Å²) in [7, 11) is -3.73. The zero-order chi connectivity index (χ0) is 14.9. The summed E-state index contributed by atoms with van der Waals surface area (Å²) in [6.07, 6.45) is -0.909. The molecule has 110 valence electrons. The van der Waals surface area contributed by atoms with Crippen LogP contribution in [0.1, 0.15) is 11.1 Å². The molecule has 1 unspecified atom stereocenters. The quantitative estimate of drug-likeness (QED) is 0.765. The van der Waals surface area contributed by atoms with Crippen LogP contribution in [0, 0.1) is 13.8 Å². The van der Waals surface area contributed by atoms with E-state index in [9.17, 15) is 13.5 Å². The molecule has 0 bridgehead atoms. The number of nitrogens with one attached hydrogen (secondary N) is 1. The molecule has 0 saturated carbocycles. The van der Waals surface area contributed by atoms with Gasteiger partial charge in [0.1, 0.15) is 4.90 Å². The lowest BCUT2D eigenvalue weighted by Gasteiger charge is -2.20. The van der Waals surface area contributed by atoms with Crippen molar-refractivity contribution >= 4 is 32.6 Å². The van der Waals surface area contributed by atoms with Crippen molar-refractivity contribution in [2.75, 3.05) is 17.7 Å². The fourth-order valence-corrected chi connectivity index (χ4v) is 4.32. The Morgan fingerprint density at radius 3 is 2.75 bits per heavy atom. The van der Waals surface area contributed by atoms with E-state index in [4.69, 9.17) is 5.11 Å². The van der Waals surface area contributed by atoms with Crippen molar-refractivity contribution in [1.82, 2.24) is 0 Å². The lowest BCUT2D eigenvalue weighted by Crippen LogP contribution is -2.23. The van der Waals surface area contributed by atoms with Gasteiger partial charge in [-0.3, -0.25) is 0 Å². The molecule has 2 rings (SSSR count). The molecule has 1 aromatic carbocycles. The van der Waals surface area contributed by atoms with Crippen LogP contribution < -0.4 is 5.32 Å². The number of benzene rings is 1. The number of fused-ring (bicyclic) bond motifs is 1. The summed E-state index contributed by atoms with van der Waals surface area (Å²) in [6, 6.07) is 3.54. The molecular weight excluding hydrogens is 300 g/mol. The van der Waals surface area contributed by atoms with Crippen molar-refractivity contribution in [3.63, 3.8) is 0 Å². The second kappa shape index (κ2) is 5.72. The number of aliphatic hydroxyl groups excluding tert-OH is 2. The average molecular weight is 316 g/mol. The smallest absolute Gasteiger partial charge is 0.287 e. The number of anilines is 1. The predicted molar refractivity (Wildman–Crippen MR) is 79.7 cm³/mol. The van der Waals surface area contributed by atoms with Crippen molar-refractivity contribution in [2.45, 2.75) is 24.8 Å². The van der Waals surface area contributed by atoms with Gasteiger partial charge >= 0.3 is 0 Å². The number of aliphatic hydroxyl groups is 2. The summed E-state index contributed by atoms with van der Waals surface area (Å²) in [4.78, 5) is 0.190. The predicted octanol–water partition coefficient (Wildman–Crippen LogP) is 0.860. The molecule has 1 aromatic rings. The van der Waals surface area contributed by atoms with Gasteiger partial charge in [0, 0.05) is 5.75 Å². The molecule has 0 saturated heterocycles. The molecule has 1 heterocycles. The molecular formula is C12H16N2O4S2. The van der Waals surface area contributed by atoms with Crippen LogP contribution >= 0.6 is 11.8 Å². The van der Waals surface area contributed by atoms with E-state index in [2.05, 4.69) is 9.71 Å². The molecule has 6 nitrogen and oxygen atoms in total. The van der Waals surface area contributed by atoms with Gasteiger partial charge < -0.3 is 15.5 Å². The number of rotatable bonds is 3. The van der Waals surface area contributed by atoms with Crippen LogP contribution in [0.3, 0.4) is 0 Å². The zero-order valence-corrected chi connectivity index (χ0v) is 12.8. The van der Waals surface area contributed by atoms with E-state index in [1.54, 1.807) is 19.1 Å². The Labute approximate surface area is 122 Å². The van der Waals surface area contributed by atoms with E-state index >= 15 is 0 Å². The molecule has 0 fully saturated rings. The number of sulfonamides is 1. The molecule has 1 aliphatic heterocycles. The van der Waals surface area contributed by atoms with Gasteiger partial charge in [0.15, 0.2) is 5.17 Å². The fraction of sp³-hybridized carbons (Fsp3) is 0.417. The minimum absolute atomic E-state index is 0.165. The van der Waals surface area contributed by atoms with Gasteiger partial charge in [-0.1, -0.05) is 17.8 Å². The maximum atomic E-state index is 12.2. The summed E-state index contributed by atoms with van der Waals surface area (Å²) in [5.41, 5.74) is 2.10. The second-order valence-corrected chi connectivity index (χ2v) is 7.15. The Hall–Kier alpha value is -1.09. The number of hydrogen-bond acceptors (Lipinski definition) is 6. The number of nitrogens with zero attached hydrogens (tertiary/aromatic N) is 1. The number of thioether (sulfide) groups is 1. The van der Waals surface area contributed by atoms with E-state index in [-0.39, 0.29) is 22.4 Å². The number of amidine groups is 1. The minimum Gasteiger partial charge on any atom is -0.394 e. The molecule has 3 N–H and O–H groups in total. The summed E-state index contributed by atoms with van der Waals surface area (Å²) in [6.45, 7) is 3.24. The molecule has 0 radical (unpaired) electrons. The highest BCUT2D eigenvalue weighted by molar-refractivity contribution is 8.14. The fourth-order valence-electron chi connectivity index (χ4n) is 1.97. The van der Waals surface area contributed by atoms with Crippen LogP contribution in [0.2, 0.25) is 0 Å². The van der Waals surface area contributed by atoms with Crippen LogP contribution in [0.25, 0.3) is 0 Å². The molecule has 1 atom stereocenters. The van der Waals surface area contributed by atoms with Crippen LogP contribution in [0.5, 0.6) is 0 Å². The molecule has 0 spiro atoms. The van der Waals surface area contributed by atoms with Gasteiger partial charge in [-0.15, -0.1) is 4.40 Å². The zero-order valence-electron chi connectivity index (χ0n) is 11.1. The maximum Gasteiger partial charge on any atom is 0.287 e. The first-order valence-corrected chi connectivity index (χ1v) is 8.41. The summed E-state index contributed by atoms with van der Waals surface area (Å²) in [5, 5.41) is 21.2. The third kappa shape index (κ3) is 3.14. The largest absolute Gasteiger partial charge is 0.394 e. The van der Waals surface area contributed by atoms with Crippen LogP contribution in [-0.4, -0.2) is 42.3 Å². The molecule has 0 aromatic heterocycles. The number of aryl methyl sites for hydroxylation is 2. The van der Waals surface area contributed by atoms with Crippen molar-refractivity contribution < 1.29 is 18.6 Å². The van der Waals surface area contributed by atoms with Gasteiger partial charge in [0.2, 0.25) is 0 Å². The third-order valence-corrected chi connectivity index (χ3v) is 5.36. The van der Waals surface area contributed by atoms with E-state index in [0.717, 1.165) is 17.3 Å². The molecule has 20 heavy (non-hydrogen) atoms. The Morgan fingerprint density at radius 2 is 2.10 bits per heavy atom. The highest BCUT2D eigenvalue weighted by atomic mass is 32.2. The van der Waals surface area contributed by atoms with E-state index in [1.807, 2.05) is 6.92 Å². The van der Waals surface area contributed by atoms with E-state index < -0.39 is 16.1 Å². The SMILES string of the molecule is Cc1cc(C)c2c(c1)NC(SCC(O)CO)=NS2(=O)=O. The Bertz CT molecular complexity index is 656. The van der Waals surface area contributed by atoms with E-state index in [1.165, 1.54) is 0 Å². The highest BCUT2D eigenvalue weighted by Gasteiger charge is 2.27.